The van der Waals surface area contributed by atoms with Crippen molar-refractivity contribution in [3.63, 3.8) is 0 Å². The topological polar surface area (TPSA) is 84.5 Å². The summed E-state index contributed by atoms with van der Waals surface area (Å²) in [4.78, 5) is 35.1. The third-order valence-electron chi connectivity index (χ3n) is 3.08. The predicted octanol–water partition coefficient (Wildman–Crippen LogP) is 3.07. The van der Waals surface area contributed by atoms with E-state index in [-0.39, 0.29) is 18.4 Å². The number of carbonyl (C=O) groups excluding carboxylic acids is 3. The van der Waals surface area contributed by atoms with Crippen molar-refractivity contribution < 1.29 is 19.1 Å². The minimum Gasteiger partial charge on any atom is -0.462 e. The normalized spacial score (nSPS) is 9.92. The van der Waals surface area contributed by atoms with Gasteiger partial charge in [0.2, 0.25) is 5.91 Å². The molecule has 0 spiro atoms. The van der Waals surface area contributed by atoms with E-state index < -0.39 is 5.97 Å². The number of hydrogen-bond donors (Lipinski definition) is 2. The average Bonchev–Trinajstić information content (AvgIpc) is 2.55. The molecule has 0 unspecified atom stereocenters. The number of hydrogen-bond acceptors (Lipinski definition) is 4. The van der Waals surface area contributed by atoms with Crippen LogP contribution in [0.1, 0.15) is 34.6 Å². The summed E-state index contributed by atoms with van der Waals surface area (Å²) in [6.45, 7) is 3.41. The van der Waals surface area contributed by atoms with Gasteiger partial charge in [0, 0.05) is 23.9 Å². The van der Waals surface area contributed by atoms with Gasteiger partial charge >= 0.3 is 5.97 Å². The molecule has 0 fully saturated rings. The van der Waals surface area contributed by atoms with Crippen LogP contribution in [0.15, 0.2) is 48.5 Å². The quantitative estimate of drug-likeness (QED) is 0.827. The monoisotopic (exact) mass is 326 g/mol. The highest BCUT2D eigenvalue weighted by Gasteiger charge is 2.10. The van der Waals surface area contributed by atoms with Crippen LogP contribution in [0.5, 0.6) is 0 Å². The molecule has 2 aromatic rings. The summed E-state index contributed by atoms with van der Waals surface area (Å²) in [5, 5.41) is 5.34. The Kier molecular flexibility index (Phi) is 5.68. The minimum atomic E-state index is -0.443. The molecule has 6 heteroatoms. The summed E-state index contributed by atoms with van der Waals surface area (Å²) >= 11 is 0. The summed E-state index contributed by atoms with van der Waals surface area (Å²) in [5.74, 6) is -1.00. The zero-order chi connectivity index (χ0) is 17.5. The van der Waals surface area contributed by atoms with E-state index in [0.29, 0.717) is 22.5 Å². The summed E-state index contributed by atoms with van der Waals surface area (Å²) in [5.41, 5.74) is 1.77. The van der Waals surface area contributed by atoms with Gasteiger partial charge in [-0.3, -0.25) is 9.59 Å². The molecule has 0 saturated heterocycles. The molecule has 0 atom stereocenters. The molecule has 124 valence electrons. The molecular weight excluding hydrogens is 308 g/mol. The number of anilines is 2. The van der Waals surface area contributed by atoms with Crippen molar-refractivity contribution in [2.24, 2.45) is 0 Å². The molecule has 24 heavy (non-hydrogen) atoms. The lowest BCUT2D eigenvalue weighted by Crippen LogP contribution is -2.14. The molecule has 2 amide bonds. The van der Waals surface area contributed by atoms with Gasteiger partial charge in [0.05, 0.1) is 12.2 Å². The maximum Gasteiger partial charge on any atom is 0.338 e. The van der Waals surface area contributed by atoms with E-state index in [1.165, 1.54) is 6.92 Å². The Hall–Kier alpha value is -3.15. The van der Waals surface area contributed by atoms with Crippen LogP contribution in [0, 0.1) is 0 Å². The van der Waals surface area contributed by atoms with Crippen molar-refractivity contribution in [3.8, 4) is 0 Å². The Morgan fingerprint density at radius 1 is 0.917 bits per heavy atom. The van der Waals surface area contributed by atoms with Crippen LogP contribution in [-0.2, 0) is 9.53 Å². The second-order valence-electron chi connectivity index (χ2n) is 5.02. The van der Waals surface area contributed by atoms with E-state index in [1.807, 2.05) is 0 Å². The highest BCUT2D eigenvalue weighted by atomic mass is 16.5. The SMILES string of the molecule is CCOC(=O)c1cccc(NC(=O)c2cccc(NC(C)=O)c2)c1. The second kappa shape index (κ2) is 7.92. The highest BCUT2D eigenvalue weighted by molar-refractivity contribution is 6.05. The van der Waals surface area contributed by atoms with Crippen LogP contribution in [0.3, 0.4) is 0 Å². The van der Waals surface area contributed by atoms with Gasteiger partial charge in [-0.25, -0.2) is 4.79 Å². The number of rotatable bonds is 5. The zero-order valence-corrected chi connectivity index (χ0v) is 13.5. The number of ether oxygens (including phenoxy) is 1. The molecule has 0 heterocycles. The fourth-order valence-corrected chi connectivity index (χ4v) is 2.08. The summed E-state index contributed by atoms with van der Waals surface area (Å²) in [6, 6.07) is 13.1. The van der Waals surface area contributed by atoms with Crippen LogP contribution < -0.4 is 10.6 Å². The van der Waals surface area contributed by atoms with E-state index in [0.717, 1.165) is 0 Å². The van der Waals surface area contributed by atoms with E-state index in [9.17, 15) is 14.4 Å². The lowest BCUT2D eigenvalue weighted by Gasteiger charge is -2.09. The largest absolute Gasteiger partial charge is 0.462 e. The molecule has 0 aliphatic heterocycles. The third-order valence-corrected chi connectivity index (χ3v) is 3.08. The lowest BCUT2D eigenvalue weighted by atomic mass is 10.1. The summed E-state index contributed by atoms with van der Waals surface area (Å²) < 4.78 is 4.93. The van der Waals surface area contributed by atoms with Crippen LogP contribution in [0.4, 0.5) is 11.4 Å². The van der Waals surface area contributed by atoms with Crippen molar-refractivity contribution in [2.75, 3.05) is 17.2 Å². The summed E-state index contributed by atoms with van der Waals surface area (Å²) in [6.07, 6.45) is 0. The van der Waals surface area contributed by atoms with Gasteiger partial charge in [0.1, 0.15) is 0 Å². The fraction of sp³-hybridized carbons (Fsp3) is 0.167. The first-order chi connectivity index (χ1) is 11.5. The van der Waals surface area contributed by atoms with Crippen molar-refractivity contribution in [1.82, 2.24) is 0 Å². The van der Waals surface area contributed by atoms with Gasteiger partial charge in [-0.2, -0.15) is 0 Å². The first kappa shape index (κ1) is 17.2. The molecular formula is C18H18N2O4. The Balaban J connectivity index is 2.13. The minimum absolute atomic E-state index is 0.213. The molecule has 6 nitrogen and oxygen atoms in total. The molecule has 2 rings (SSSR count). The Morgan fingerprint density at radius 3 is 2.12 bits per heavy atom. The highest BCUT2D eigenvalue weighted by Crippen LogP contribution is 2.15. The van der Waals surface area contributed by atoms with E-state index in [4.69, 9.17) is 4.74 Å². The smallest absolute Gasteiger partial charge is 0.338 e. The van der Waals surface area contributed by atoms with Crippen molar-refractivity contribution in [2.45, 2.75) is 13.8 Å². The number of esters is 1. The molecule has 2 N–H and O–H groups in total. The number of nitrogens with one attached hydrogen (secondary N) is 2. The molecule has 0 saturated carbocycles. The van der Waals surface area contributed by atoms with Crippen LogP contribution in [0.25, 0.3) is 0 Å². The zero-order valence-electron chi connectivity index (χ0n) is 13.5. The number of benzene rings is 2. The lowest BCUT2D eigenvalue weighted by molar-refractivity contribution is -0.114. The molecule has 0 aliphatic rings. The van der Waals surface area contributed by atoms with Gasteiger partial charge in [0.15, 0.2) is 0 Å². The molecule has 0 aliphatic carbocycles. The standard InChI is InChI=1S/C18H18N2O4/c1-3-24-18(23)14-7-5-9-16(11-14)20-17(22)13-6-4-8-15(10-13)19-12(2)21/h4-11H,3H2,1-2H3,(H,19,21)(H,20,22). The fourth-order valence-electron chi connectivity index (χ4n) is 2.08. The third kappa shape index (κ3) is 4.67. The Morgan fingerprint density at radius 2 is 1.50 bits per heavy atom. The first-order valence-corrected chi connectivity index (χ1v) is 7.46. The number of carbonyl (C=O) groups is 3. The van der Waals surface area contributed by atoms with E-state index >= 15 is 0 Å². The maximum atomic E-state index is 12.3. The van der Waals surface area contributed by atoms with E-state index in [2.05, 4.69) is 10.6 Å². The van der Waals surface area contributed by atoms with E-state index in [1.54, 1.807) is 55.5 Å². The van der Waals surface area contributed by atoms with Gasteiger partial charge in [-0.15, -0.1) is 0 Å². The van der Waals surface area contributed by atoms with Crippen molar-refractivity contribution in [1.29, 1.82) is 0 Å². The average molecular weight is 326 g/mol. The van der Waals surface area contributed by atoms with Crippen LogP contribution in [0.2, 0.25) is 0 Å². The predicted molar refractivity (Wildman–Crippen MR) is 91.1 cm³/mol. The maximum absolute atomic E-state index is 12.3. The Bertz CT molecular complexity index is 771. The molecule has 0 radical (unpaired) electrons. The van der Waals surface area contributed by atoms with Gasteiger partial charge < -0.3 is 15.4 Å². The van der Waals surface area contributed by atoms with Crippen LogP contribution >= 0.6 is 0 Å². The van der Waals surface area contributed by atoms with Crippen molar-refractivity contribution in [3.05, 3.63) is 59.7 Å². The second-order valence-corrected chi connectivity index (χ2v) is 5.02. The van der Waals surface area contributed by atoms with Crippen molar-refractivity contribution >= 4 is 29.2 Å². The summed E-state index contributed by atoms with van der Waals surface area (Å²) in [7, 11) is 0. The van der Waals surface area contributed by atoms with Gasteiger partial charge in [0.25, 0.3) is 5.91 Å². The van der Waals surface area contributed by atoms with Gasteiger partial charge in [-0.05, 0) is 43.3 Å². The molecule has 0 bridgehead atoms. The van der Waals surface area contributed by atoms with Gasteiger partial charge in [-0.1, -0.05) is 12.1 Å². The number of amides is 2. The Labute approximate surface area is 139 Å². The first-order valence-electron chi connectivity index (χ1n) is 7.46. The molecule has 0 aromatic heterocycles. The van der Waals surface area contributed by atoms with Crippen LogP contribution in [-0.4, -0.2) is 24.4 Å². The molecule has 2 aromatic carbocycles.